The number of aromatic carboxylic acids is 1. The third kappa shape index (κ3) is 10.6. The molecule has 5 aromatic rings. The molecule has 0 fully saturated rings. The van der Waals surface area contributed by atoms with Crippen molar-refractivity contribution >= 4 is 64.5 Å². The van der Waals surface area contributed by atoms with Crippen LogP contribution in [0, 0.1) is 0 Å². The largest absolute Gasteiger partial charge is 0.489 e. The quantitative estimate of drug-likeness (QED) is 0.0668. The van der Waals surface area contributed by atoms with Crippen LogP contribution in [-0.2, 0) is 16.2 Å². The summed E-state index contributed by atoms with van der Waals surface area (Å²) in [5.41, 5.74) is 2.76. The first-order chi connectivity index (χ1) is 24.7. The van der Waals surface area contributed by atoms with Gasteiger partial charge >= 0.3 is 5.97 Å². The van der Waals surface area contributed by atoms with Crippen LogP contribution in [0.15, 0.2) is 138 Å². The van der Waals surface area contributed by atoms with Crippen LogP contribution in [0.4, 0.5) is 11.4 Å². The highest BCUT2D eigenvalue weighted by Crippen LogP contribution is 2.29. The number of carboxylic acids is 1. The van der Waals surface area contributed by atoms with Crippen molar-refractivity contribution < 1.29 is 29.0 Å². The molecule has 0 aliphatic heterocycles. The molecule has 5 aromatic carbocycles. The number of hydrogen-bond donors (Lipinski definition) is 4. The Morgan fingerprint density at radius 3 is 2.18 bits per heavy atom. The van der Waals surface area contributed by atoms with E-state index >= 15 is 0 Å². The molecule has 11 heteroatoms. The van der Waals surface area contributed by atoms with Gasteiger partial charge in [0, 0.05) is 21.8 Å². The minimum atomic E-state index is -1.20. The molecule has 1 atom stereocenters. The minimum Gasteiger partial charge on any atom is -0.489 e. The molecule has 0 heterocycles. The van der Waals surface area contributed by atoms with Gasteiger partial charge < -0.3 is 25.8 Å². The number of carboxylic acid groups (broad SMARTS) is 1. The second-order valence-electron chi connectivity index (χ2n) is 11.2. The molecule has 4 N–H and O–H groups in total. The van der Waals surface area contributed by atoms with Crippen molar-refractivity contribution in [3.05, 3.63) is 160 Å². The molecule has 0 saturated heterocycles. The van der Waals surface area contributed by atoms with E-state index in [1.165, 1.54) is 30.0 Å². The van der Waals surface area contributed by atoms with E-state index in [0.29, 0.717) is 46.2 Å². The lowest BCUT2D eigenvalue weighted by molar-refractivity contribution is -0.116. The lowest BCUT2D eigenvalue weighted by atomic mass is 10.1. The van der Waals surface area contributed by atoms with E-state index in [9.17, 15) is 24.3 Å². The first-order valence-corrected chi connectivity index (χ1v) is 17.2. The molecule has 9 nitrogen and oxygen atoms in total. The van der Waals surface area contributed by atoms with Crippen LogP contribution in [0.5, 0.6) is 5.75 Å². The molecule has 258 valence electrons. The van der Waals surface area contributed by atoms with Crippen LogP contribution in [0.2, 0.25) is 5.02 Å². The lowest BCUT2D eigenvalue weighted by Gasteiger charge is -2.16. The minimum absolute atomic E-state index is 0.0226. The molecule has 5 rings (SSSR count). The molecule has 0 saturated carbocycles. The standard InChI is InChI=1S/C40H34ClN3O6S/c1-2-36(39(47)43-30-18-21-34(41)33(24-30)40(48)49)51-32-15-9-14-29(23-32)42-38(46)35(44-37(45)28-12-7-4-8-13-28)22-26-16-19-31(20-17-26)50-25-27-10-5-3-6-11-27/h3-24,36H,2,25H2,1H3,(H,42,46)(H,43,47)(H,44,45)(H,48,49)/b35-22-. The third-order valence-electron chi connectivity index (χ3n) is 7.47. The van der Waals surface area contributed by atoms with Crippen molar-refractivity contribution in [1.82, 2.24) is 5.32 Å². The first kappa shape index (κ1) is 36.4. The number of halogens is 1. The number of carbonyl (C=O) groups is 4. The van der Waals surface area contributed by atoms with Gasteiger partial charge in [-0.25, -0.2) is 4.79 Å². The van der Waals surface area contributed by atoms with E-state index in [1.54, 1.807) is 78.9 Å². The summed E-state index contributed by atoms with van der Waals surface area (Å²) >= 11 is 7.26. The van der Waals surface area contributed by atoms with Crippen molar-refractivity contribution in [1.29, 1.82) is 0 Å². The molecule has 3 amide bonds. The molecular weight excluding hydrogens is 686 g/mol. The fraction of sp³-hybridized carbons (Fsp3) is 0.100. The van der Waals surface area contributed by atoms with Crippen LogP contribution < -0.4 is 20.7 Å². The predicted molar refractivity (Wildman–Crippen MR) is 201 cm³/mol. The number of anilines is 2. The monoisotopic (exact) mass is 719 g/mol. The predicted octanol–water partition coefficient (Wildman–Crippen LogP) is 8.54. The Labute approximate surface area is 304 Å². The van der Waals surface area contributed by atoms with Gasteiger partial charge in [-0.2, -0.15) is 0 Å². The molecular formula is C40H34ClN3O6S. The van der Waals surface area contributed by atoms with Gasteiger partial charge in [0.25, 0.3) is 11.8 Å². The Hall–Kier alpha value is -5.84. The summed E-state index contributed by atoms with van der Waals surface area (Å²) in [5.74, 6) is -1.86. The van der Waals surface area contributed by atoms with Gasteiger partial charge in [-0.1, -0.05) is 85.3 Å². The van der Waals surface area contributed by atoms with Crippen molar-refractivity contribution in [3.63, 3.8) is 0 Å². The van der Waals surface area contributed by atoms with Gasteiger partial charge in [0.2, 0.25) is 5.91 Å². The summed E-state index contributed by atoms with van der Waals surface area (Å²) in [6.45, 7) is 2.27. The van der Waals surface area contributed by atoms with E-state index in [-0.39, 0.29) is 22.2 Å². The maximum atomic E-state index is 13.7. The summed E-state index contributed by atoms with van der Waals surface area (Å²) in [7, 11) is 0. The van der Waals surface area contributed by atoms with Crippen molar-refractivity contribution in [2.24, 2.45) is 0 Å². The average molecular weight is 720 g/mol. The fourth-order valence-corrected chi connectivity index (χ4v) is 6.04. The van der Waals surface area contributed by atoms with Crippen molar-refractivity contribution in [2.75, 3.05) is 10.6 Å². The van der Waals surface area contributed by atoms with Gasteiger partial charge in [-0.15, -0.1) is 11.8 Å². The normalized spacial score (nSPS) is 11.6. The zero-order chi connectivity index (χ0) is 36.2. The average Bonchev–Trinajstić information content (AvgIpc) is 3.14. The van der Waals surface area contributed by atoms with Crippen LogP contribution >= 0.6 is 23.4 Å². The van der Waals surface area contributed by atoms with E-state index in [1.807, 2.05) is 43.3 Å². The number of rotatable bonds is 14. The molecule has 0 aliphatic carbocycles. The topological polar surface area (TPSA) is 134 Å². The summed E-state index contributed by atoms with van der Waals surface area (Å²) in [6, 6.07) is 36.8. The molecule has 51 heavy (non-hydrogen) atoms. The third-order valence-corrected chi connectivity index (χ3v) is 9.15. The summed E-state index contributed by atoms with van der Waals surface area (Å²) in [4.78, 5) is 52.1. The molecule has 0 spiro atoms. The lowest BCUT2D eigenvalue weighted by Crippen LogP contribution is -2.30. The second-order valence-corrected chi connectivity index (χ2v) is 12.9. The molecule has 0 aliphatic rings. The smallest absolute Gasteiger partial charge is 0.337 e. The zero-order valence-electron chi connectivity index (χ0n) is 27.5. The van der Waals surface area contributed by atoms with Crippen molar-refractivity contribution in [3.8, 4) is 5.75 Å². The number of benzene rings is 5. The molecule has 0 bridgehead atoms. The van der Waals surface area contributed by atoms with E-state index in [0.717, 1.165) is 5.56 Å². The fourth-order valence-electron chi connectivity index (χ4n) is 4.83. The van der Waals surface area contributed by atoms with Gasteiger partial charge in [0.05, 0.1) is 15.8 Å². The molecule has 0 aromatic heterocycles. The summed E-state index contributed by atoms with van der Waals surface area (Å²) < 4.78 is 5.89. The van der Waals surface area contributed by atoms with Gasteiger partial charge in [0.1, 0.15) is 18.1 Å². The van der Waals surface area contributed by atoms with Crippen LogP contribution in [0.1, 0.15) is 45.2 Å². The number of carbonyl (C=O) groups excluding carboxylic acids is 3. The Kier molecular flexibility index (Phi) is 12.7. The molecule has 1 unspecified atom stereocenters. The Morgan fingerprint density at radius 1 is 0.804 bits per heavy atom. The zero-order valence-corrected chi connectivity index (χ0v) is 29.0. The van der Waals surface area contributed by atoms with E-state index in [4.69, 9.17) is 16.3 Å². The summed E-state index contributed by atoms with van der Waals surface area (Å²) in [5, 5.41) is 17.3. The maximum Gasteiger partial charge on any atom is 0.337 e. The number of nitrogens with one attached hydrogen (secondary N) is 3. The Bertz CT molecular complexity index is 2040. The highest BCUT2D eigenvalue weighted by molar-refractivity contribution is 8.00. The Morgan fingerprint density at radius 2 is 1.49 bits per heavy atom. The number of ether oxygens (including phenoxy) is 1. The maximum absolute atomic E-state index is 13.7. The SMILES string of the molecule is CCC(Sc1cccc(NC(=O)/C(=C/c2ccc(OCc3ccccc3)cc2)NC(=O)c2ccccc2)c1)C(=O)Nc1ccc(Cl)c(C(=O)O)c1. The van der Waals surface area contributed by atoms with Gasteiger partial charge in [0.15, 0.2) is 0 Å². The number of thioether (sulfide) groups is 1. The number of amides is 3. The highest BCUT2D eigenvalue weighted by atomic mass is 35.5. The Balaban J connectivity index is 1.29. The second kappa shape index (κ2) is 17.7. The molecule has 0 radical (unpaired) electrons. The van der Waals surface area contributed by atoms with Crippen LogP contribution in [0.25, 0.3) is 6.08 Å². The van der Waals surface area contributed by atoms with Crippen molar-refractivity contribution in [2.45, 2.75) is 30.1 Å². The van der Waals surface area contributed by atoms with E-state index < -0.39 is 23.0 Å². The van der Waals surface area contributed by atoms with Crippen LogP contribution in [0.3, 0.4) is 0 Å². The van der Waals surface area contributed by atoms with Crippen LogP contribution in [-0.4, -0.2) is 34.0 Å². The van der Waals surface area contributed by atoms with E-state index in [2.05, 4.69) is 16.0 Å². The summed E-state index contributed by atoms with van der Waals surface area (Å²) in [6.07, 6.45) is 2.06. The highest BCUT2D eigenvalue weighted by Gasteiger charge is 2.20. The van der Waals surface area contributed by atoms with Gasteiger partial charge in [-0.05, 0) is 84.3 Å². The number of hydrogen-bond acceptors (Lipinski definition) is 6. The van der Waals surface area contributed by atoms with Gasteiger partial charge in [-0.3, -0.25) is 14.4 Å². The first-order valence-electron chi connectivity index (χ1n) is 15.9.